The van der Waals surface area contributed by atoms with Crippen LogP contribution in [0, 0.1) is 0 Å². The van der Waals surface area contributed by atoms with Crippen LogP contribution in [-0.2, 0) is 13.0 Å². The number of ether oxygens (including phenoxy) is 2. The summed E-state index contributed by atoms with van der Waals surface area (Å²) in [5.41, 5.74) is 3.69. The number of quaternary nitrogens is 1. The lowest BCUT2D eigenvalue weighted by atomic mass is 9.87. The number of carbonyl (C=O) groups is 1. The van der Waals surface area contributed by atoms with Crippen molar-refractivity contribution < 1.29 is 23.6 Å². The molecule has 0 fully saturated rings. The largest absolute Gasteiger partial charge is 0.493 e. The minimum absolute atomic E-state index is 0.0580. The minimum Gasteiger partial charge on any atom is -0.493 e. The molecule has 1 aliphatic heterocycles. The first-order valence-corrected chi connectivity index (χ1v) is 10.6. The van der Waals surface area contributed by atoms with Crippen molar-refractivity contribution >= 4 is 5.91 Å². The van der Waals surface area contributed by atoms with Gasteiger partial charge in [-0.25, -0.2) is 0 Å². The van der Waals surface area contributed by atoms with E-state index in [0.717, 1.165) is 25.3 Å². The second-order valence-electron chi connectivity index (χ2n) is 7.94. The van der Waals surface area contributed by atoms with Crippen LogP contribution < -0.4 is 19.7 Å². The Balaban J connectivity index is 1.68. The first kappa shape index (κ1) is 21.0. The number of hydrogen-bond acceptors (Lipinski definition) is 4. The molecule has 0 bridgehead atoms. The van der Waals surface area contributed by atoms with Crippen LogP contribution in [0.2, 0.25) is 0 Å². The maximum Gasteiger partial charge on any atom is 0.287 e. The molecule has 2 aromatic carbocycles. The molecule has 6 heteroatoms. The van der Waals surface area contributed by atoms with E-state index >= 15 is 0 Å². The number of hydrogen-bond donors (Lipinski definition) is 2. The highest BCUT2D eigenvalue weighted by molar-refractivity contribution is 5.91. The summed E-state index contributed by atoms with van der Waals surface area (Å²) >= 11 is 0. The molecule has 0 spiro atoms. The van der Waals surface area contributed by atoms with Crippen LogP contribution in [0.5, 0.6) is 11.5 Å². The minimum atomic E-state index is -0.204. The van der Waals surface area contributed by atoms with Crippen molar-refractivity contribution in [1.29, 1.82) is 0 Å². The number of amides is 1. The lowest BCUT2D eigenvalue weighted by Crippen LogP contribution is -3.13. The zero-order valence-corrected chi connectivity index (χ0v) is 18.2. The third-order valence-electron chi connectivity index (χ3n) is 6.01. The molecule has 3 atom stereocenters. The molecule has 1 unspecified atom stereocenters. The first-order valence-electron chi connectivity index (χ1n) is 10.6. The first-order chi connectivity index (χ1) is 15.1. The van der Waals surface area contributed by atoms with Crippen molar-refractivity contribution in [3.63, 3.8) is 0 Å². The van der Waals surface area contributed by atoms with Gasteiger partial charge in [-0.05, 0) is 36.8 Å². The average molecular weight is 422 g/mol. The van der Waals surface area contributed by atoms with Gasteiger partial charge in [-0.15, -0.1) is 0 Å². The van der Waals surface area contributed by atoms with Crippen LogP contribution in [0.15, 0.2) is 65.3 Å². The summed E-state index contributed by atoms with van der Waals surface area (Å²) < 4.78 is 16.4. The SMILES string of the molecule is COc1cc2c(cc1OC)[C@@H]([C@H](C)NC(=O)c1ccco1)[NH+](Cc1ccccc1)CC2. The van der Waals surface area contributed by atoms with E-state index in [1.54, 1.807) is 26.4 Å². The van der Waals surface area contributed by atoms with Gasteiger partial charge in [0.05, 0.1) is 33.1 Å². The molecule has 31 heavy (non-hydrogen) atoms. The molecule has 1 aromatic heterocycles. The summed E-state index contributed by atoms with van der Waals surface area (Å²) in [7, 11) is 3.31. The van der Waals surface area contributed by atoms with Crippen LogP contribution >= 0.6 is 0 Å². The van der Waals surface area contributed by atoms with E-state index in [2.05, 4.69) is 48.6 Å². The van der Waals surface area contributed by atoms with Crippen molar-refractivity contribution in [3.05, 3.63) is 83.3 Å². The number of benzene rings is 2. The van der Waals surface area contributed by atoms with Crippen molar-refractivity contribution in [2.45, 2.75) is 32.0 Å². The predicted octanol–water partition coefficient (Wildman–Crippen LogP) is 2.80. The Bertz CT molecular complexity index is 1020. The lowest BCUT2D eigenvalue weighted by Gasteiger charge is -2.38. The topological polar surface area (TPSA) is 65.1 Å². The summed E-state index contributed by atoms with van der Waals surface area (Å²) in [5.74, 6) is 1.56. The number of methoxy groups -OCH3 is 2. The van der Waals surface area contributed by atoms with E-state index in [0.29, 0.717) is 11.5 Å². The van der Waals surface area contributed by atoms with Crippen molar-refractivity contribution in [2.75, 3.05) is 20.8 Å². The van der Waals surface area contributed by atoms with Crippen LogP contribution in [-0.4, -0.2) is 32.7 Å². The quantitative estimate of drug-likeness (QED) is 0.616. The maximum absolute atomic E-state index is 12.7. The van der Waals surface area contributed by atoms with Gasteiger partial charge in [-0.3, -0.25) is 4.79 Å². The summed E-state index contributed by atoms with van der Waals surface area (Å²) in [4.78, 5) is 14.1. The molecule has 0 saturated carbocycles. The van der Waals surface area contributed by atoms with Gasteiger partial charge in [0, 0.05) is 17.5 Å². The molecule has 2 heterocycles. The maximum atomic E-state index is 12.7. The summed E-state index contributed by atoms with van der Waals surface area (Å²) in [6.45, 7) is 3.89. The predicted molar refractivity (Wildman–Crippen MR) is 118 cm³/mol. The van der Waals surface area contributed by atoms with Gasteiger partial charge in [0.15, 0.2) is 17.3 Å². The summed E-state index contributed by atoms with van der Waals surface area (Å²) in [6.07, 6.45) is 2.45. The van der Waals surface area contributed by atoms with E-state index in [9.17, 15) is 4.79 Å². The fourth-order valence-electron chi connectivity index (χ4n) is 4.56. The molecular formula is C25H29N2O4+. The lowest BCUT2D eigenvalue weighted by molar-refractivity contribution is -0.948. The van der Waals surface area contributed by atoms with E-state index < -0.39 is 0 Å². The van der Waals surface area contributed by atoms with E-state index in [1.807, 2.05) is 6.07 Å². The standard InChI is InChI=1S/C25H28N2O4/c1-17(26-25(28)21-10-7-13-31-21)24-20-15-23(30-3)22(29-2)14-19(20)11-12-27(24)16-18-8-5-4-6-9-18/h4-10,13-15,17,24H,11-12,16H2,1-3H3,(H,26,28)/p+1/t17-,24+/m0/s1. The fourth-order valence-corrected chi connectivity index (χ4v) is 4.56. The Morgan fingerprint density at radius 3 is 2.55 bits per heavy atom. The molecule has 2 N–H and O–H groups in total. The Kier molecular flexibility index (Phi) is 6.28. The van der Waals surface area contributed by atoms with Gasteiger partial charge in [-0.1, -0.05) is 30.3 Å². The van der Waals surface area contributed by atoms with E-state index in [1.165, 1.54) is 27.9 Å². The molecule has 0 saturated heterocycles. The Hall–Kier alpha value is -3.25. The van der Waals surface area contributed by atoms with Gasteiger partial charge in [0.25, 0.3) is 5.91 Å². The van der Waals surface area contributed by atoms with Gasteiger partial charge < -0.3 is 24.1 Å². The third-order valence-corrected chi connectivity index (χ3v) is 6.01. The molecule has 162 valence electrons. The Morgan fingerprint density at radius 1 is 1.13 bits per heavy atom. The zero-order chi connectivity index (χ0) is 21.8. The number of furan rings is 1. The highest BCUT2D eigenvalue weighted by Gasteiger charge is 2.37. The number of fused-ring (bicyclic) bond motifs is 1. The smallest absolute Gasteiger partial charge is 0.287 e. The second kappa shape index (κ2) is 9.27. The number of carbonyl (C=O) groups excluding carboxylic acids is 1. The second-order valence-corrected chi connectivity index (χ2v) is 7.94. The average Bonchev–Trinajstić information content (AvgIpc) is 3.33. The van der Waals surface area contributed by atoms with Crippen LogP contribution in [0.1, 0.15) is 40.2 Å². The van der Waals surface area contributed by atoms with E-state index in [4.69, 9.17) is 13.9 Å². The molecule has 6 nitrogen and oxygen atoms in total. The molecule has 3 aromatic rings. The van der Waals surface area contributed by atoms with Gasteiger partial charge in [0.2, 0.25) is 0 Å². The molecule has 1 amide bonds. The number of rotatable bonds is 7. The Labute approximate surface area is 182 Å². The van der Waals surface area contributed by atoms with Crippen molar-refractivity contribution in [2.24, 2.45) is 0 Å². The van der Waals surface area contributed by atoms with Crippen LogP contribution in [0.25, 0.3) is 0 Å². The highest BCUT2D eigenvalue weighted by atomic mass is 16.5. The van der Waals surface area contributed by atoms with Gasteiger partial charge in [0.1, 0.15) is 12.6 Å². The highest BCUT2D eigenvalue weighted by Crippen LogP contribution is 2.35. The van der Waals surface area contributed by atoms with Gasteiger partial charge in [-0.2, -0.15) is 0 Å². The van der Waals surface area contributed by atoms with Gasteiger partial charge >= 0.3 is 0 Å². The zero-order valence-electron chi connectivity index (χ0n) is 18.2. The molecule has 1 aliphatic rings. The normalized spacial score (nSPS) is 18.7. The molecule has 0 radical (unpaired) electrons. The van der Waals surface area contributed by atoms with Crippen molar-refractivity contribution in [3.8, 4) is 11.5 Å². The molecular weight excluding hydrogens is 392 g/mol. The third kappa shape index (κ3) is 4.44. The molecule has 4 rings (SSSR count). The van der Waals surface area contributed by atoms with Crippen LogP contribution in [0.3, 0.4) is 0 Å². The fraction of sp³-hybridized carbons (Fsp3) is 0.320. The van der Waals surface area contributed by atoms with E-state index in [-0.39, 0.29) is 18.0 Å². The monoisotopic (exact) mass is 421 g/mol. The molecule has 0 aliphatic carbocycles. The summed E-state index contributed by atoms with van der Waals surface area (Å²) in [6, 6.07) is 18.0. The summed E-state index contributed by atoms with van der Waals surface area (Å²) in [5, 5.41) is 3.15. The Morgan fingerprint density at radius 2 is 1.87 bits per heavy atom. The number of nitrogens with one attached hydrogen (secondary N) is 2. The van der Waals surface area contributed by atoms with Crippen LogP contribution in [0.4, 0.5) is 0 Å². The van der Waals surface area contributed by atoms with Crippen molar-refractivity contribution in [1.82, 2.24) is 5.32 Å².